The first-order valence-corrected chi connectivity index (χ1v) is 13.3. The van der Waals surface area contributed by atoms with Crippen LogP contribution in [0, 0.1) is 0 Å². The molecule has 0 bridgehead atoms. The summed E-state index contributed by atoms with van der Waals surface area (Å²) in [7, 11) is 0. The van der Waals surface area contributed by atoms with E-state index in [-0.39, 0.29) is 18.0 Å². The van der Waals surface area contributed by atoms with E-state index in [4.69, 9.17) is 5.11 Å². The van der Waals surface area contributed by atoms with Crippen molar-refractivity contribution in [3.05, 3.63) is 39.8 Å². The fourth-order valence-electron chi connectivity index (χ4n) is 4.84. The maximum Gasteiger partial charge on any atom is 0.416 e. The predicted molar refractivity (Wildman–Crippen MR) is 132 cm³/mol. The van der Waals surface area contributed by atoms with E-state index in [1.807, 2.05) is 4.90 Å². The lowest BCUT2D eigenvalue weighted by molar-refractivity contribution is -0.137. The number of nitrogens with zero attached hydrogens (tertiary/aromatic N) is 3. The number of nitrogens with one attached hydrogen (secondary N) is 1. The number of aliphatic hydroxyl groups excluding tert-OH is 1. The van der Waals surface area contributed by atoms with Crippen LogP contribution in [0.25, 0.3) is 0 Å². The molecule has 2 aliphatic rings. The number of aromatic nitrogens is 1. The first-order chi connectivity index (χ1) is 16.8. The smallest absolute Gasteiger partial charge is 0.396 e. The van der Waals surface area contributed by atoms with Crippen molar-refractivity contribution in [1.82, 2.24) is 9.88 Å². The number of anilines is 2. The molecule has 1 aromatic carbocycles. The zero-order chi connectivity index (χ0) is 24.8. The van der Waals surface area contributed by atoms with E-state index in [9.17, 15) is 18.0 Å². The lowest BCUT2D eigenvalue weighted by Crippen LogP contribution is -2.33. The molecule has 0 aliphatic carbocycles. The number of thiazole rings is 1. The molecule has 0 radical (unpaired) electrons. The van der Waals surface area contributed by atoms with Crippen molar-refractivity contribution in [2.45, 2.75) is 57.0 Å². The zero-order valence-electron chi connectivity index (χ0n) is 19.8. The van der Waals surface area contributed by atoms with Gasteiger partial charge in [0.15, 0.2) is 0 Å². The van der Waals surface area contributed by atoms with Gasteiger partial charge in [0.25, 0.3) is 5.91 Å². The second-order valence-electron chi connectivity index (χ2n) is 9.35. The minimum Gasteiger partial charge on any atom is -0.396 e. The quantitative estimate of drug-likeness (QED) is 0.445. The molecule has 1 aromatic heterocycles. The molecule has 2 saturated heterocycles. The molecule has 2 fully saturated rings. The van der Waals surface area contributed by atoms with E-state index in [1.165, 1.54) is 17.4 Å². The van der Waals surface area contributed by atoms with Crippen LogP contribution >= 0.6 is 11.3 Å². The third-order valence-electron chi connectivity index (χ3n) is 6.84. The van der Waals surface area contributed by atoms with Gasteiger partial charge in [-0.3, -0.25) is 4.79 Å². The van der Waals surface area contributed by atoms with Crippen LogP contribution in [0.2, 0.25) is 0 Å². The van der Waals surface area contributed by atoms with Gasteiger partial charge in [0, 0.05) is 31.0 Å². The molecule has 1 amide bonds. The van der Waals surface area contributed by atoms with Gasteiger partial charge in [0.05, 0.1) is 21.9 Å². The van der Waals surface area contributed by atoms with Gasteiger partial charge < -0.3 is 20.2 Å². The van der Waals surface area contributed by atoms with Crippen LogP contribution in [0.15, 0.2) is 23.6 Å². The van der Waals surface area contributed by atoms with Crippen LogP contribution < -0.4 is 10.2 Å². The maximum absolute atomic E-state index is 13.3. The van der Waals surface area contributed by atoms with Crippen molar-refractivity contribution >= 4 is 28.6 Å². The highest BCUT2D eigenvalue weighted by Crippen LogP contribution is 2.37. The molecule has 0 spiro atoms. The molecule has 35 heavy (non-hydrogen) atoms. The summed E-state index contributed by atoms with van der Waals surface area (Å²) >= 11 is 1.45. The number of benzene rings is 1. The van der Waals surface area contributed by atoms with Crippen LogP contribution in [-0.4, -0.2) is 60.2 Å². The standard InChI is InChI=1S/C25H33F3N4O2S/c26-25(27,28)19-6-7-22(32-11-3-4-12-32)20(16-19)29-23(34)21-17-35-24(30-21)18-8-13-31(14-9-18)10-2-1-5-15-33/h6-7,16-18,33H,1-5,8-15H2,(H,29,34). The molecule has 0 saturated carbocycles. The fraction of sp³-hybridized carbons (Fsp3) is 0.600. The summed E-state index contributed by atoms with van der Waals surface area (Å²) in [6, 6.07) is 3.55. The van der Waals surface area contributed by atoms with Crippen molar-refractivity contribution in [3.8, 4) is 0 Å². The Morgan fingerprint density at radius 1 is 1.11 bits per heavy atom. The summed E-state index contributed by atoms with van der Waals surface area (Å²) in [6.07, 6.45) is 2.39. The lowest BCUT2D eigenvalue weighted by Gasteiger charge is -2.31. The Labute approximate surface area is 208 Å². The lowest BCUT2D eigenvalue weighted by atomic mass is 9.97. The molecule has 0 unspecified atom stereocenters. The number of amides is 1. The monoisotopic (exact) mass is 510 g/mol. The highest BCUT2D eigenvalue weighted by molar-refractivity contribution is 7.10. The molecular weight excluding hydrogens is 477 g/mol. The van der Waals surface area contributed by atoms with Crippen LogP contribution in [0.1, 0.15) is 71.9 Å². The molecule has 0 atom stereocenters. The average molecular weight is 511 g/mol. The van der Waals surface area contributed by atoms with Crippen LogP contribution in [0.3, 0.4) is 0 Å². The van der Waals surface area contributed by atoms with Gasteiger partial charge in [-0.1, -0.05) is 0 Å². The summed E-state index contributed by atoms with van der Waals surface area (Å²) in [4.78, 5) is 22.0. The third kappa shape index (κ3) is 6.74. The van der Waals surface area contributed by atoms with Crippen molar-refractivity contribution in [1.29, 1.82) is 0 Å². The first kappa shape index (κ1) is 25.9. The normalized spacial score (nSPS) is 17.8. The number of aliphatic hydroxyl groups is 1. The molecular formula is C25H33F3N4O2S. The Hall–Kier alpha value is -2.17. The number of piperidine rings is 1. The Morgan fingerprint density at radius 3 is 2.54 bits per heavy atom. The number of likely N-dealkylation sites (tertiary alicyclic amines) is 1. The highest BCUT2D eigenvalue weighted by atomic mass is 32.1. The number of carbonyl (C=O) groups excluding carboxylic acids is 1. The van der Waals surface area contributed by atoms with Crippen LogP contribution in [0.5, 0.6) is 0 Å². The summed E-state index contributed by atoms with van der Waals surface area (Å²) in [5, 5.41) is 14.2. The van der Waals surface area contributed by atoms with E-state index in [2.05, 4.69) is 15.2 Å². The number of carbonyl (C=O) groups is 1. The molecule has 10 heteroatoms. The van der Waals surface area contributed by atoms with Crippen molar-refractivity contribution < 1.29 is 23.1 Å². The topological polar surface area (TPSA) is 68.7 Å². The maximum atomic E-state index is 13.3. The molecule has 6 nitrogen and oxygen atoms in total. The molecule has 2 aliphatic heterocycles. The third-order valence-corrected chi connectivity index (χ3v) is 7.85. The van der Waals surface area contributed by atoms with Gasteiger partial charge in [0.2, 0.25) is 0 Å². The average Bonchev–Trinajstić information content (AvgIpc) is 3.54. The Balaban J connectivity index is 1.39. The minimum atomic E-state index is -4.48. The second-order valence-corrected chi connectivity index (χ2v) is 10.2. The summed E-state index contributed by atoms with van der Waals surface area (Å²) in [6.45, 7) is 4.76. The van der Waals surface area contributed by atoms with Crippen LogP contribution in [0.4, 0.5) is 24.5 Å². The molecule has 2 N–H and O–H groups in total. The second kappa shape index (κ2) is 11.7. The highest BCUT2D eigenvalue weighted by Gasteiger charge is 2.32. The van der Waals surface area contributed by atoms with Gasteiger partial charge in [-0.2, -0.15) is 13.2 Å². The van der Waals surface area contributed by atoms with Crippen LogP contribution in [-0.2, 0) is 6.18 Å². The number of unbranched alkanes of at least 4 members (excludes halogenated alkanes) is 2. The largest absolute Gasteiger partial charge is 0.416 e. The van der Waals surface area contributed by atoms with Crippen molar-refractivity contribution in [3.63, 3.8) is 0 Å². The van der Waals surface area contributed by atoms with E-state index < -0.39 is 17.6 Å². The van der Waals surface area contributed by atoms with Gasteiger partial charge in [-0.15, -0.1) is 11.3 Å². The zero-order valence-corrected chi connectivity index (χ0v) is 20.6. The molecule has 3 heterocycles. The molecule has 2 aromatic rings. The van der Waals surface area contributed by atoms with E-state index in [0.717, 1.165) is 94.8 Å². The fourth-order valence-corrected chi connectivity index (χ4v) is 5.81. The minimum absolute atomic E-state index is 0.177. The SMILES string of the molecule is O=C(Nc1cc(C(F)(F)F)ccc1N1CCCC1)c1csc(C2CCN(CCCCCO)CC2)n1. The number of rotatable bonds is 9. The predicted octanol–water partition coefficient (Wildman–Crippen LogP) is 5.36. The van der Waals surface area contributed by atoms with E-state index in [0.29, 0.717) is 11.6 Å². The van der Waals surface area contributed by atoms with Gasteiger partial charge in [-0.05, 0) is 82.8 Å². The number of halogens is 3. The van der Waals surface area contributed by atoms with Gasteiger partial charge in [-0.25, -0.2) is 4.98 Å². The van der Waals surface area contributed by atoms with Gasteiger partial charge in [0.1, 0.15) is 5.69 Å². The van der Waals surface area contributed by atoms with Gasteiger partial charge >= 0.3 is 6.18 Å². The molecule has 192 valence electrons. The summed E-state index contributed by atoms with van der Waals surface area (Å²) in [5.74, 6) is -0.183. The number of hydrogen-bond donors (Lipinski definition) is 2. The summed E-state index contributed by atoms with van der Waals surface area (Å²) < 4.78 is 40.0. The Bertz CT molecular complexity index is 983. The number of hydrogen-bond acceptors (Lipinski definition) is 6. The van der Waals surface area contributed by atoms with Crippen molar-refractivity contribution in [2.75, 3.05) is 49.5 Å². The van der Waals surface area contributed by atoms with Crippen molar-refractivity contribution in [2.24, 2.45) is 0 Å². The molecule has 4 rings (SSSR count). The Morgan fingerprint density at radius 2 is 1.86 bits per heavy atom. The first-order valence-electron chi connectivity index (χ1n) is 12.4. The number of alkyl halides is 3. The van der Waals surface area contributed by atoms with E-state index >= 15 is 0 Å². The van der Waals surface area contributed by atoms with E-state index in [1.54, 1.807) is 5.38 Å². The summed E-state index contributed by atoms with van der Waals surface area (Å²) in [5.41, 5.74) is 0.264. The Kier molecular flexibility index (Phi) is 8.67.